The number of benzene rings is 2. The first-order valence-electron chi connectivity index (χ1n) is 7.14. The van der Waals surface area contributed by atoms with Crippen molar-refractivity contribution in [3.05, 3.63) is 70.4 Å². The number of fused-ring (bicyclic) bond motifs is 1. The highest BCUT2D eigenvalue weighted by atomic mass is 16.6. The predicted octanol–water partition coefficient (Wildman–Crippen LogP) is 3.72. The third-order valence-corrected chi connectivity index (χ3v) is 3.55. The topological polar surface area (TPSA) is 74.4 Å². The van der Waals surface area contributed by atoms with Gasteiger partial charge >= 0.3 is 5.97 Å². The van der Waals surface area contributed by atoms with Gasteiger partial charge in [-0.2, -0.15) is 0 Å². The molecule has 1 aromatic heterocycles. The Hall–Kier alpha value is -3.15. The van der Waals surface area contributed by atoms with Crippen molar-refractivity contribution >= 4 is 22.6 Å². The molecule has 0 aliphatic carbocycles. The van der Waals surface area contributed by atoms with Gasteiger partial charge in [-0.3, -0.25) is 10.1 Å². The maximum atomic E-state index is 12.1. The van der Waals surface area contributed by atoms with E-state index in [1.165, 1.54) is 12.1 Å². The maximum Gasteiger partial charge on any atom is 0.340 e. The second kappa shape index (κ2) is 5.92. The maximum absolute atomic E-state index is 12.1. The minimum Gasteiger partial charge on any atom is -0.462 e. The van der Waals surface area contributed by atoms with Crippen LogP contribution in [0.4, 0.5) is 5.69 Å². The summed E-state index contributed by atoms with van der Waals surface area (Å²) in [6, 6.07) is 13.6. The molecule has 0 N–H and O–H groups in total. The Bertz CT molecular complexity index is 881. The number of ether oxygens (including phenoxy) is 1. The zero-order valence-electron chi connectivity index (χ0n) is 12.4. The first-order chi connectivity index (χ1) is 11.1. The van der Waals surface area contributed by atoms with Gasteiger partial charge in [0.25, 0.3) is 5.69 Å². The van der Waals surface area contributed by atoms with Crippen molar-refractivity contribution in [2.24, 2.45) is 0 Å². The van der Waals surface area contributed by atoms with Crippen molar-refractivity contribution in [2.45, 2.75) is 6.92 Å². The molecular formula is C17H14N2O4. The number of aromatic nitrogens is 1. The minimum absolute atomic E-state index is 0.0239. The van der Waals surface area contributed by atoms with Gasteiger partial charge in [0.05, 0.1) is 22.6 Å². The summed E-state index contributed by atoms with van der Waals surface area (Å²) < 4.78 is 6.92. The zero-order valence-corrected chi connectivity index (χ0v) is 12.4. The molecule has 1 heterocycles. The molecule has 3 rings (SSSR count). The fraction of sp³-hybridized carbons (Fsp3) is 0.118. The Balaban J connectivity index is 2.14. The highest BCUT2D eigenvalue weighted by Gasteiger charge is 2.16. The lowest BCUT2D eigenvalue weighted by Gasteiger charge is -2.04. The van der Waals surface area contributed by atoms with E-state index >= 15 is 0 Å². The fourth-order valence-corrected chi connectivity index (χ4v) is 2.50. The number of nitro benzene ring substituents is 1. The van der Waals surface area contributed by atoms with Crippen molar-refractivity contribution in [3.8, 4) is 5.69 Å². The Labute approximate surface area is 132 Å². The molecule has 23 heavy (non-hydrogen) atoms. The molecule has 0 radical (unpaired) electrons. The summed E-state index contributed by atoms with van der Waals surface area (Å²) in [5, 5.41) is 11.5. The van der Waals surface area contributed by atoms with Crippen LogP contribution in [0.3, 0.4) is 0 Å². The molecule has 6 heteroatoms. The van der Waals surface area contributed by atoms with Crippen LogP contribution in [0.15, 0.2) is 54.7 Å². The van der Waals surface area contributed by atoms with Crippen LogP contribution < -0.4 is 0 Å². The second-order valence-electron chi connectivity index (χ2n) is 4.92. The summed E-state index contributed by atoms with van der Waals surface area (Å²) in [5.74, 6) is -0.385. The van der Waals surface area contributed by atoms with Crippen LogP contribution in [0, 0.1) is 10.1 Å². The monoisotopic (exact) mass is 310 g/mol. The minimum atomic E-state index is -0.443. The van der Waals surface area contributed by atoms with Gasteiger partial charge in [0.15, 0.2) is 0 Å². The Kier molecular flexibility index (Phi) is 3.80. The largest absolute Gasteiger partial charge is 0.462 e. The number of rotatable bonds is 4. The molecule has 6 nitrogen and oxygen atoms in total. The number of carbonyl (C=O) groups is 1. The van der Waals surface area contributed by atoms with Crippen molar-refractivity contribution in [1.82, 2.24) is 4.57 Å². The number of esters is 1. The molecule has 3 aromatic rings. The fourth-order valence-electron chi connectivity index (χ4n) is 2.50. The molecule has 0 aliphatic rings. The van der Waals surface area contributed by atoms with E-state index in [0.717, 1.165) is 16.6 Å². The first-order valence-corrected chi connectivity index (χ1v) is 7.14. The summed E-state index contributed by atoms with van der Waals surface area (Å²) in [6.45, 7) is 2.06. The molecule has 2 aromatic carbocycles. The van der Waals surface area contributed by atoms with E-state index in [4.69, 9.17) is 4.74 Å². The van der Waals surface area contributed by atoms with Gasteiger partial charge in [0, 0.05) is 29.4 Å². The predicted molar refractivity (Wildman–Crippen MR) is 85.9 cm³/mol. The van der Waals surface area contributed by atoms with Gasteiger partial charge < -0.3 is 9.30 Å². The molecule has 0 saturated heterocycles. The summed E-state index contributed by atoms with van der Waals surface area (Å²) in [5.41, 5.74) is 2.07. The second-order valence-corrected chi connectivity index (χ2v) is 4.92. The van der Waals surface area contributed by atoms with Crippen LogP contribution in [-0.4, -0.2) is 22.1 Å². The normalized spacial score (nSPS) is 10.7. The molecule has 0 amide bonds. The van der Waals surface area contributed by atoms with E-state index in [2.05, 4.69) is 0 Å². The Morgan fingerprint density at radius 1 is 1.17 bits per heavy atom. The Morgan fingerprint density at radius 2 is 1.87 bits per heavy atom. The van der Waals surface area contributed by atoms with Crippen molar-refractivity contribution in [1.29, 1.82) is 0 Å². The van der Waals surface area contributed by atoms with E-state index in [0.29, 0.717) is 12.2 Å². The molecule has 0 unspecified atom stereocenters. The van der Waals surface area contributed by atoms with Crippen LogP contribution in [0.1, 0.15) is 17.3 Å². The number of hydrogen-bond donors (Lipinski definition) is 0. The van der Waals surface area contributed by atoms with E-state index in [1.807, 2.05) is 28.8 Å². The van der Waals surface area contributed by atoms with Gasteiger partial charge in [-0.25, -0.2) is 4.79 Å². The highest BCUT2D eigenvalue weighted by molar-refractivity contribution is 6.04. The summed E-state index contributed by atoms with van der Waals surface area (Å²) in [6.07, 6.45) is 1.70. The van der Waals surface area contributed by atoms with Gasteiger partial charge in [0.1, 0.15) is 0 Å². The van der Waals surface area contributed by atoms with E-state index in [1.54, 1.807) is 25.3 Å². The third-order valence-electron chi connectivity index (χ3n) is 3.55. The van der Waals surface area contributed by atoms with E-state index in [9.17, 15) is 14.9 Å². The molecule has 0 atom stereocenters. The number of nitro groups is 1. The zero-order chi connectivity index (χ0) is 16.4. The molecule has 0 spiro atoms. The average Bonchev–Trinajstić information content (AvgIpc) is 2.95. The van der Waals surface area contributed by atoms with Crippen LogP contribution in [0.25, 0.3) is 16.6 Å². The van der Waals surface area contributed by atoms with Gasteiger partial charge in [-0.15, -0.1) is 0 Å². The molecule has 0 aliphatic heterocycles. The van der Waals surface area contributed by atoms with Gasteiger partial charge in [-0.05, 0) is 25.1 Å². The van der Waals surface area contributed by atoms with E-state index < -0.39 is 4.92 Å². The Morgan fingerprint density at radius 3 is 2.52 bits per heavy atom. The lowest BCUT2D eigenvalue weighted by Crippen LogP contribution is -2.03. The molecule has 0 bridgehead atoms. The highest BCUT2D eigenvalue weighted by Crippen LogP contribution is 2.26. The number of non-ortho nitro benzene ring substituents is 1. The number of para-hydroxylation sites is 1. The SMILES string of the molecule is CCOC(=O)c1cn(-c2ccc([N+](=O)[O-])cc2)c2ccccc12. The van der Waals surface area contributed by atoms with Crippen molar-refractivity contribution in [3.63, 3.8) is 0 Å². The van der Waals surface area contributed by atoms with Crippen LogP contribution in [0.5, 0.6) is 0 Å². The molecular weight excluding hydrogens is 296 g/mol. The van der Waals surface area contributed by atoms with Crippen molar-refractivity contribution < 1.29 is 14.5 Å². The number of hydrogen-bond acceptors (Lipinski definition) is 4. The number of nitrogens with zero attached hydrogens (tertiary/aromatic N) is 2. The quantitative estimate of drug-likeness (QED) is 0.418. The lowest BCUT2D eigenvalue weighted by molar-refractivity contribution is -0.384. The summed E-state index contributed by atoms with van der Waals surface area (Å²) in [7, 11) is 0. The van der Waals surface area contributed by atoms with Gasteiger partial charge in [0.2, 0.25) is 0 Å². The molecule has 0 fully saturated rings. The molecule has 116 valence electrons. The van der Waals surface area contributed by atoms with Crippen LogP contribution in [-0.2, 0) is 4.74 Å². The molecule has 0 saturated carbocycles. The van der Waals surface area contributed by atoms with Crippen molar-refractivity contribution in [2.75, 3.05) is 6.61 Å². The number of carbonyl (C=O) groups excluding carboxylic acids is 1. The summed E-state index contributed by atoms with van der Waals surface area (Å²) in [4.78, 5) is 22.4. The van der Waals surface area contributed by atoms with E-state index in [-0.39, 0.29) is 11.7 Å². The smallest absolute Gasteiger partial charge is 0.340 e. The van der Waals surface area contributed by atoms with Crippen LogP contribution in [0.2, 0.25) is 0 Å². The first kappa shape index (κ1) is 14.8. The lowest BCUT2D eigenvalue weighted by atomic mass is 10.2. The standard InChI is InChI=1S/C17H14N2O4/c1-2-23-17(20)15-11-18(16-6-4-3-5-14(15)16)12-7-9-13(10-8-12)19(21)22/h3-11H,2H2,1H3. The van der Waals surface area contributed by atoms with Crippen LogP contribution >= 0.6 is 0 Å². The summed E-state index contributed by atoms with van der Waals surface area (Å²) >= 11 is 0. The van der Waals surface area contributed by atoms with Gasteiger partial charge in [-0.1, -0.05) is 18.2 Å². The third kappa shape index (κ3) is 2.66. The average molecular weight is 310 g/mol.